The third-order valence-electron chi connectivity index (χ3n) is 4.82. The molecule has 2 rings (SSSR count). The molecule has 6 heteroatoms. The van der Waals surface area contributed by atoms with Crippen LogP contribution in [0, 0.1) is 0 Å². The van der Waals surface area contributed by atoms with Crippen molar-refractivity contribution in [2.75, 3.05) is 13.1 Å². The van der Waals surface area contributed by atoms with Gasteiger partial charge in [0.05, 0.1) is 0 Å². The number of nitrogens with two attached hydrogens (primary N) is 1. The van der Waals surface area contributed by atoms with Crippen LogP contribution in [0.3, 0.4) is 0 Å². The summed E-state index contributed by atoms with van der Waals surface area (Å²) in [7, 11) is 0. The number of rotatable bonds is 9. The van der Waals surface area contributed by atoms with Crippen molar-refractivity contribution in [3.8, 4) is 0 Å². The minimum atomic E-state index is -0.251. The van der Waals surface area contributed by atoms with E-state index in [0.717, 1.165) is 11.1 Å². The second kappa shape index (κ2) is 12.2. The topological polar surface area (TPSA) is 75.4 Å². The van der Waals surface area contributed by atoms with Crippen molar-refractivity contribution in [3.05, 3.63) is 71.3 Å². The average molecular weight is 418 g/mol. The second-order valence-corrected chi connectivity index (χ2v) is 7.41. The molecule has 29 heavy (non-hydrogen) atoms. The van der Waals surface area contributed by atoms with Gasteiger partial charge in [0.2, 0.25) is 11.8 Å². The summed E-state index contributed by atoms with van der Waals surface area (Å²) in [6.07, 6.45) is 0.255. The van der Waals surface area contributed by atoms with Crippen LogP contribution in [0.1, 0.15) is 55.8 Å². The molecular formula is C23H32ClN3O2. The Hall–Kier alpha value is -2.37. The lowest BCUT2D eigenvalue weighted by Crippen LogP contribution is -2.36. The third kappa shape index (κ3) is 8.26. The van der Waals surface area contributed by atoms with Crippen LogP contribution in [0.2, 0.25) is 0 Å². The minimum absolute atomic E-state index is 0. The van der Waals surface area contributed by atoms with Crippen molar-refractivity contribution >= 4 is 24.2 Å². The molecule has 1 unspecified atom stereocenters. The normalized spacial score (nSPS) is 11.5. The fourth-order valence-electron chi connectivity index (χ4n) is 2.95. The highest BCUT2D eigenvalue weighted by molar-refractivity contribution is 5.85. The van der Waals surface area contributed by atoms with Crippen LogP contribution in [0.25, 0.3) is 0 Å². The first-order valence-electron chi connectivity index (χ1n) is 9.78. The minimum Gasteiger partial charge on any atom is -0.354 e. The summed E-state index contributed by atoms with van der Waals surface area (Å²) in [6.45, 7) is 7.09. The van der Waals surface area contributed by atoms with Crippen LogP contribution < -0.4 is 11.1 Å². The van der Waals surface area contributed by atoms with E-state index in [2.05, 4.69) is 31.3 Å². The summed E-state index contributed by atoms with van der Waals surface area (Å²) in [5.74, 6) is 0.331. The molecule has 0 heterocycles. The highest BCUT2D eigenvalue weighted by atomic mass is 35.5. The van der Waals surface area contributed by atoms with E-state index in [1.54, 1.807) is 4.90 Å². The van der Waals surface area contributed by atoms with Crippen molar-refractivity contribution in [1.29, 1.82) is 0 Å². The van der Waals surface area contributed by atoms with Gasteiger partial charge in [0.15, 0.2) is 0 Å². The van der Waals surface area contributed by atoms with Crippen molar-refractivity contribution in [3.63, 3.8) is 0 Å². The maximum Gasteiger partial charge on any atom is 0.221 e. The van der Waals surface area contributed by atoms with Gasteiger partial charge >= 0.3 is 0 Å². The van der Waals surface area contributed by atoms with Gasteiger partial charge in [-0.3, -0.25) is 9.59 Å². The third-order valence-corrected chi connectivity index (χ3v) is 4.82. The molecule has 0 aliphatic rings. The average Bonchev–Trinajstić information content (AvgIpc) is 2.69. The standard InChI is InChI=1S/C23H31N3O2.ClH/c1-17(2)20-9-11-21(12-10-20)22(24)15-25-23(28)13-14-26(18(3)27)16-19-7-5-4-6-8-19;/h4-12,17,22H,13-16,24H2,1-3H3,(H,25,28);1H. The van der Waals surface area contributed by atoms with E-state index in [9.17, 15) is 9.59 Å². The number of nitrogens with zero attached hydrogens (tertiary/aromatic N) is 1. The molecule has 0 saturated heterocycles. The zero-order chi connectivity index (χ0) is 20.5. The van der Waals surface area contributed by atoms with E-state index in [1.165, 1.54) is 12.5 Å². The highest BCUT2D eigenvalue weighted by Crippen LogP contribution is 2.17. The van der Waals surface area contributed by atoms with Gasteiger partial charge in [-0.15, -0.1) is 12.4 Å². The molecule has 0 spiro atoms. The number of amides is 2. The smallest absolute Gasteiger partial charge is 0.221 e. The zero-order valence-electron chi connectivity index (χ0n) is 17.4. The molecule has 0 fully saturated rings. The fourth-order valence-corrected chi connectivity index (χ4v) is 2.95. The number of hydrogen-bond donors (Lipinski definition) is 2. The Balaban J connectivity index is 0.00000420. The summed E-state index contributed by atoms with van der Waals surface area (Å²) >= 11 is 0. The number of hydrogen-bond acceptors (Lipinski definition) is 3. The van der Waals surface area contributed by atoms with Gasteiger partial charge in [0.1, 0.15) is 0 Å². The summed E-state index contributed by atoms with van der Waals surface area (Å²) in [5, 5.41) is 2.87. The van der Waals surface area contributed by atoms with E-state index in [-0.39, 0.29) is 36.7 Å². The number of benzene rings is 2. The maximum absolute atomic E-state index is 12.2. The summed E-state index contributed by atoms with van der Waals surface area (Å²) < 4.78 is 0. The molecule has 0 aromatic heterocycles. The molecule has 5 nitrogen and oxygen atoms in total. The van der Waals surface area contributed by atoms with Gasteiger partial charge in [-0.25, -0.2) is 0 Å². The van der Waals surface area contributed by atoms with E-state index in [4.69, 9.17) is 5.73 Å². The van der Waals surface area contributed by atoms with Gasteiger partial charge in [-0.05, 0) is 22.6 Å². The van der Waals surface area contributed by atoms with Crippen molar-refractivity contribution in [2.24, 2.45) is 5.73 Å². The zero-order valence-corrected chi connectivity index (χ0v) is 18.2. The number of carbonyl (C=O) groups excluding carboxylic acids is 2. The number of carbonyl (C=O) groups is 2. The molecule has 0 aliphatic heterocycles. The monoisotopic (exact) mass is 417 g/mol. The Bertz CT molecular complexity index is 763. The molecule has 0 aliphatic carbocycles. The largest absolute Gasteiger partial charge is 0.354 e. The van der Waals surface area contributed by atoms with Gasteiger partial charge in [0, 0.05) is 39.0 Å². The number of nitrogens with one attached hydrogen (secondary N) is 1. The first kappa shape index (κ1) is 24.7. The van der Waals surface area contributed by atoms with Gasteiger partial charge < -0.3 is 16.0 Å². The molecule has 2 aromatic carbocycles. The molecule has 0 saturated carbocycles. The van der Waals surface area contributed by atoms with Crippen LogP contribution in [-0.4, -0.2) is 29.8 Å². The van der Waals surface area contributed by atoms with E-state index >= 15 is 0 Å². The Kier molecular flexibility index (Phi) is 10.4. The summed E-state index contributed by atoms with van der Waals surface area (Å²) in [4.78, 5) is 25.7. The van der Waals surface area contributed by atoms with Gasteiger partial charge in [-0.1, -0.05) is 68.4 Å². The molecule has 3 N–H and O–H groups in total. The quantitative estimate of drug-likeness (QED) is 0.651. The van der Waals surface area contributed by atoms with Crippen LogP contribution >= 0.6 is 12.4 Å². The summed E-state index contributed by atoms with van der Waals surface area (Å²) in [5.41, 5.74) is 9.51. The fraction of sp³-hybridized carbons (Fsp3) is 0.391. The SMILES string of the molecule is CC(=O)N(CCC(=O)NCC(N)c1ccc(C(C)C)cc1)Cc1ccccc1.Cl. The van der Waals surface area contributed by atoms with Crippen molar-refractivity contribution in [2.45, 2.75) is 45.7 Å². The first-order chi connectivity index (χ1) is 13.4. The van der Waals surface area contributed by atoms with Crippen LogP contribution in [0.4, 0.5) is 0 Å². The molecule has 2 amide bonds. The number of halogens is 1. The second-order valence-electron chi connectivity index (χ2n) is 7.41. The van der Waals surface area contributed by atoms with Crippen LogP contribution in [-0.2, 0) is 16.1 Å². The Morgan fingerprint density at radius 2 is 1.59 bits per heavy atom. The highest BCUT2D eigenvalue weighted by Gasteiger charge is 2.13. The van der Waals surface area contributed by atoms with Gasteiger partial charge in [-0.2, -0.15) is 0 Å². The lowest BCUT2D eigenvalue weighted by molar-refractivity contribution is -0.130. The Labute approximate surface area is 180 Å². The van der Waals surface area contributed by atoms with Crippen LogP contribution in [0.15, 0.2) is 54.6 Å². The van der Waals surface area contributed by atoms with E-state index in [1.807, 2.05) is 42.5 Å². The van der Waals surface area contributed by atoms with Crippen molar-refractivity contribution in [1.82, 2.24) is 10.2 Å². The predicted molar refractivity (Wildman–Crippen MR) is 120 cm³/mol. The Morgan fingerprint density at radius 1 is 1.00 bits per heavy atom. The van der Waals surface area contributed by atoms with E-state index in [0.29, 0.717) is 25.6 Å². The van der Waals surface area contributed by atoms with Crippen LogP contribution in [0.5, 0.6) is 0 Å². The molecule has 0 bridgehead atoms. The first-order valence-corrected chi connectivity index (χ1v) is 9.78. The van der Waals surface area contributed by atoms with E-state index < -0.39 is 0 Å². The lowest BCUT2D eigenvalue weighted by atomic mass is 9.99. The Morgan fingerprint density at radius 3 is 2.14 bits per heavy atom. The molecule has 0 radical (unpaired) electrons. The molecule has 2 aromatic rings. The van der Waals surface area contributed by atoms with Gasteiger partial charge in [0.25, 0.3) is 0 Å². The lowest BCUT2D eigenvalue weighted by Gasteiger charge is -2.21. The summed E-state index contributed by atoms with van der Waals surface area (Å²) in [6, 6.07) is 17.7. The predicted octanol–water partition coefficient (Wildman–Crippen LogP) is 3.79. The maximum atomic E-state index is 12.2. The molecule has 158 valence electrons. The molecular weight excluding hydrogens is 386 g/mol. The molecule has 1 atom stereocenters. The van der Waals surface area contributed by atoms with Crippen molar-refractivity contribution < 1.29 is 9.59 Å².